The van der Waals surface area contributed by atoms with E-state index in [1.807, 2.05) is 42.5 Å². The number of ether oxygens (including phenoxy) is 1. The van der Waals surface area contributed by atoms with Gasteiger partial charge in [0.2, 0.25) is 5.88 Å². The average Bonchev–Trinajstić information content (AvgIpc) is 3.15. The number of hydrogen-bond acceptors (Lipinski definition) is 4. The fourth-order valence-corrected chi connectivity index (χ4v) is 3.09. The van der Waals surface area contributed by atoms with Crippen LogP contribution in [0.2, 0.25) is 0 Å². The molecule has 1 aromatic carbocycles. The highest BCUT2D eigenvalue weighted by Crippen LogP contribution is 2.32. The number of H-pyrrole nitrogens is 2. The van der Waals surface area contributed by atoms with Crippen LogP contribution in [0.25, 0.3) is 33.3 Å². The second kappa shape index (κ2) is 6.22. The first-order chi connectivity index (χ1) is 12.7. The Hall–Kier alpha value is -3.85. The summed E-state index contributed by atoms with van der Waals surface area (Å²) < 4.78 is 5.31. The van der Waals surface area contributed by atoms with Crippen LogP contribution in [-0.2, 0) is 0 Å². The lowest BCUT2D eigenvalue weighted by atomic mass is 9.97. The first-order valence-corrected chi connectivity index (χ1v) is 7.96. The van der Waals surface area contributed by atoms with Gasteiger partial charge in [-0.05, 0) is 29.3 Å². The van der Waals surface area contributed by atoms with Gasteiger partial charge >= 0.3 is 0 Å². The zero-order valence-electron chi connectivity index (χ0n) is 13.9. The molecule has 0 aliphatic carbocycles. The highest BCUT2D eigenvalue weighted by atomic mass is 16.5. The Bertz CT molecular complexity index is 1200. The van der Waals surface area contributed by atoms with Crippen LogP contribution in [0.3, 0.4) is 0 Å². The topological polar surface area (TPSA) is 94.6 Å². The zero-order chi connectivity index (χ0) is 18.1. The summed E-state index contributed by atoms with van der Waals surface area (Å²) in [5.41, 5.74) is 4.28. The maximum absolute atomic E-state index is 12.2. The number of aromatic nitrogens is 3. The van der Waals surface area contributed by atoms with E-state index in [4.69, 9.17) is 4.74 Å². The number of nitrogens with zero attached hydrogens (tertiary/aromatic N) is 2. The lowest BCUT2D eigenvalue weighted by Gasteiger charge is -2.09. The standard InChI is InChI=1S/C20H14N4O2/c1-26-20-14(3-2-9-23-20)12-4-6-13(7-5-12)17-15(11-21)19(25)24-16-8-10-22-18(16)17/h2-10,22H,1H3,(H,24,25). The molecule has 0 saturated carbocycles. The van der Waals surface area contributed by atoms with Gasteiger partial charge in [0.1, 0.15) is 11.6 Å². The fraction of sp³-hybridized carbons (Fsp3) is 0.0500. The van der Waals surface area contributed by atoms with Gasteiger partial charge in [0.05, 0.1) is 18.1 Å². The van der Waals surface area contributed by atoms with Crippen molar-refractivity contribution in [3.63, 3.8) is 0 Å². The van der Waals surface area contributed by atoms with Crippen LogP contribution < -0.4 is 10.3 Å². The van der Waals surface area contributed by atoms with E-state index in [0.29, 0.717) is 17.0 Å². The molecule has 0 aliphatic heterocycles. The van der Waals surface area contributed by atoms with E-state index in [2.05, 4.69) is 15.0 Å². The molecule has 26 heavy (non-hydrogen) atoms. The molecule has 4 aromatic rings. The minimum atomic E-state index is -0.396. The highest BCUT2D eigenvalue weighted by Gasteiger charge is 2.15. The molecule has 0 atom stereocenters. The van der Waals surface area contributed by atoms with Gasteiger partial charge in [-0.2, -0.15) is 5.26 Å². The number of rotatable bonds is 3. The van der Waals surface area contributed by atoms with Gasteiger partial charge in [0.25, 0.3) is 5.56 Å². The van der Waals surface area contributed by atoms with Crippen molar-refractivity contribution in [3.8, 4) is 34.2 Å². The summed E-state index contributed by atoms with van der Waals surface area (Å²) in [7, 11) is 1.58. The summed E-state index contributed by atoms with van der Waals surface area (Å²) >= 11 is 0. The zero-order valence-corrected chi connectivity index (χ0v) is 13.9. The lowest BCUT2D eigenvalue weighted by Crippen LogP contribution is -2.11. The predicted molar refractivity (Wildman–Crippen MR) is 98.9 cm³/mol. The van der Waals surface area contributed by atoms with Gasteiger partial charge in [-0.3, -0.25) is 4.79 Å². The van der Waals surface area contributed by atoms with Crippen LogP contribution in [-0.4, -0.2) is 22.1 Å². The van der Waals surface area contributed by atoms with Crippen LogP contribution in [0.5, 0.6) is 5.88 Å². The second-order valence-corrected chi connectivity index (χ2v) is 5.72. The molecule has 0 bridgehead atoms. The van der Waals surface area contributed by atoms with Crippen LogP contribution in [0.15, 0.2) is 59.7 Å². The third kappa shape index (κ3) is 2.43. The summed E-state index contributed by atoms with van der Waals surface area (Å²) in [5, 5.41) is 9.45. The molecule has 0 aliphatic rings. The maximum Gasteiger partial charge on any atom is 0.267 e. The van der Waals surface area contributed by atoms with Crippen molar-refractivity contribution in [1.82, 2.24) is 15.0 Å². The van der Waals surface area contributed by atoms with Crippen LogP contribution >= 0.6 is 0 Å². The Morgan fingerprint density at radius 1 is 1.12 bits per heavy atom. The van der Waals surface area contributed by atoms with Crippen molar-refractivity contribution in [2.24, 2.45) is 0 Å². The smallest absolute Gasteiger partial charge is 0.267 e. The van der Waals surface area contributed by atoms with Crippen molar-refractivity contribution in [2.75, 3.05) is 7.11 Å². The predicted octanol–water partition coefficient (Wildman–Crippen LogP) is 3.47. The Morgan fingerprint density at radius 2 is 1.88 bits per heavy atom. The van der Waals surface area contributed by atoms with Gasteiger partial charge in [-0.15, -0.1) is 0 Å². The molecular formula is C20H14N4O2. The molecule has 0 unspecified atom stereocenters. The van der Waals surface area contributed by atoms with E-state index in [0.717, 1.165) is 22.2 Å². The molecule has 0 radical (unpaired) electrons. The molecule has 3 aromatic heterocycles. The highest BCUT2D eigenvalue weighted by molar-refractivity contribution is 5.95. The number of aromatic amines is 2. The molecule has 6 nitrogen and oxygen atoms in total. The van der Waals surface area contributed by atoms with Crippen LogP contribution in [0, 0.1) is 11.3 Å². The molecular weight excluding hydrogens is 328 g/mol. The Labute approximate surface area is 148 Å². The molecule has 126 valence electrons. The summed E-state index contributed by atoms with van der Waals surface area (Å²) in [6.45, 7) is 0. The number of nitriles is 1. The quantitative estimate of drug-likeness (QED) is 0.596. The number of nitrogens with one attached hydrogen (secondary N) is 2. The first-order valence-electron chi connectivity index (χ1n) is 7.96. The van der Waals surface area contributed by atoms with E-state index in [1.165, 1.54) is 0 Å². The van der Waals surface area contributed by atoms with E-state index in [-0.39, 0.29) is 5.56 Å². The molecule has 2 N–H and O–H groups in total. The molecule has 0 fully saturated rings. The van der Waals surface area contributed by atoms with E-state index in [9.17, 15) is 10.1 Å². The van der Waals surface area contributed by atoms with Crippen molar-refractivity contribution in [3.05, 3.63) is 70.8 Å². The van der Waals surface area contributed by atoms with Gasteiger partial charge < -0.3 is 14.7 Å². The first kappa shape index (κ1) is 15.7. The largest absolute Gasteiger partial charge is 0.481 e. The van der Waals surface area contributed by atoms with Gasteiger partial charge in [-0.25, -0.2) is 4.98 Å². The minimum Gasteiger partial charge on any atom is -0.481 e. The van der Waals surface area contributed by atoms with Crippen molar-refractivity contribution in [1.29, 1.82) is 5.26 Å². The SMILES string of the molecule is COc1ncccc1-c1ccc(-c2c(C#N)c(=O)[nH]c3cc[nH]c23)cc1. The molecule has 0 saturated heterocycles. The van der Waals surface area contributed by atoms with Crippen molar-refractivity contribution >= 4 is 11.0 Å². The van der Waals surface area contributed by atoms with Gasteiger partial charge in [0.15, 0.2) is 0 Å². The lowest BCUT2D eigenvalue weighted by molar-refractivity contribution is 0.399. The Morgan fingerprint density at radius 3 is 2.62 bits per heavy atom. The monoisotopic (exact) mass is 342 g/mol. The summed E-state index contributed by atoms with van der Waals surface area (Å²) in [6, 6.07) is 15.2. The van der Waals surface area contributed by atoms with Crippen molar-refractivity contribution in [2.45, 2.75) is 0 Å². The normalized spacial score (nSPS) is 10.6. The number of benzene rings is 1. The van der Waals surface area contributed by atoms with Crippen molar-refractivity contribution < 1.29 is 4.74 Å². The number of hydrogen-bond donors (Lipinski definition) is 2. The molecule has 6 heteroatoms. The number of fused-ring (bicyclic) bond motifs is 1. The minimum absolute atomic E-state index is 0.0895. The number of methoxy groups -OCH3 is 1. The maximum atomic E-state index is 12.2. The number of pyridine rings is 2. The molecule has 0 spiro atoms. The average molecular weight is 342 g/mol. The molecule has 4 rings (SSSR count). The Kier molecular flexibility index (Phi) is 3.75. The fourth-order valence-electron chi connectivity index (χ4n) is 3.09. The summed E-state index contributed by atoms with van der Waals surface area (Å²) in [4.78, 5) is 22.2. The summed E-state index contributed by atoms with van der Waals surface area (Å²) in [6.07, 6.45) is 3.41. The van der Waals surface area contributed by atoms with Gasteiger partial charge in [0, 0.05) is 23.5 Å². The third-order valence-corrected chi connectivity index (χ3v) is 4.28. The molecule has 3 heterocycles. The second-order valence-electron chi connectivity index (χ2n) is 5.72. The van der Waals surface area contributed by atoms with Crippen LogP contribution in [0.1, 0.15) is 5.56 Å². The third-order valence-electron chi connectivity index (χ3n) is 4.28. The molecule has 0 amide bonds. The van der Waals surface area contributed by atoms with Gasteiger partial charge in [-0.1, -0.05) is 24.3 Å². The van der Waals surface area contributed by atoms with E-state index < -0.39 is 5.56 Å². The van der Waals surface area contributed by atoms with E-state index >= 15 is 0 Å². The van der Waals surface area contributed by atoms with Crippen LogP contribution in [0.4, 0.5) is 0 Å². The van der Waals surface area contributed by atoms with E-state index in [1.54, 1.807) is 25.6 Å². The summed E-state index contributed by atoms with van der Waals surface area (Å²) in [5.74, 6) is 0.542. The Balaban J connectivity index is 1.89.